The van der Waals surface area contributed by atoms with E-state index in [4.69, 9.17) is 4.74 Å². The van der Waals surface area contributed by atoms with Crippen molar-refractivity contribution < 1.29 is 4.74 Å². The molecule has 1 aliphatic heterocycles. The molecule has 0 saturated heterocycles. The number of rotatable bonds is 3. The van der Waals surface area contributed by atoms with Crippen LogP contribution in [0.25, 0.3) is 0 Å². The van der Waals surface area contributed by atoms with Gasteiger partial charge in [0.1, 0.15) is 5.75 Å². The summed E-state index contributed by atoms with van der Waals surface area (Å²) in [6, 6.07) is 8.56. The average molecular weight is 302 g/mol. The highest BCUT2D eigenvalue weighted by Gasteiger charge is 2.14. The standard InChI is InChI=1S/C17H26N4O/c1-13-8-9-14(2)19-20-21(3)11-10-17(13)18-15-6-5-7-16(12-15)22-4/h5-8,12,14,17-18H,9-11H2,1-4H3. The molecule has 1 N–H and O–H groups in total. The zero-order valence-electron chi connectivity index (χ0n) is 13.9. The predicted molar refractivity (Wildman–Crippen MR) is 90.3 cm³/mol. The SMILES string of the molecule is COc1cccc(NC2CCN(C)N=NC(C)CC=C2C)c1. The molecule has 5 heteroatoms. The summed E-state index contributed by atoms with van der Waals surface area (Å²) in [6.45, 7) is 5.14. The van der Waals surface area contributed by atoms with Crippen LogP contribution in [-0.2, 0) is 0 Å². The van der Waals surface area contributed by atoms with Gasteiger partial charge in [-0.2, -0.15) is 5.11 Å². The van der Waals surface area contributed by atoms with Gasteiger partial charge in [0.05, 0.1) is 13.2 Å². The minimum atomic E-state index is 0.216. The monoisotopic (exact) mass is 302 g/mol. The van der Waals surface area contributed by atoms with Crippen molar-refractivity contribution >= 4 is 5.69 Å². The topological polar surface area (TPSA) is 49.2 Å². The van der Waals surface area contributed by atoms with E-state index in [0.717, 1.165) is 30.8 Å². The second kappa shape index (κ2) is 7.82. The van der Waals surface area contributed by atoms with Gasteiger partial charge in [0, 0.05) is 31.4 Å². The first-order chi connectivity index (χ1) is 10.6. The third-order valence-corrected chi connectivity index (χ3v) is 3.88. The zero-order chi connectivity index (χ0) is 15.9. The smallest absolute Gasteiger partial charge is 0.120 e. The molecule has 1 heterocycles. The Morgan fingerprint density at radius 2 is 2.18 bits per heavy atom. The van der Waals surface area contributed by atoms with Gasteiger partial charge >= 0.3 is 0 Å². The van der Waals surface area contributed by atoms with Gasteiger partial charge in [0.15, 0.2) is 0 Å². The molecule has 1 aromatic rings. The number of hydrogen-bond donors (Lipinski definition) is 1. The van der Waals surface area contributed by atoms with Gasteiger partial charge in [-0.05, 0) is 38.8 Å². The molecule has 0 aliphatic carbocycles. The molecule has 2 rings (SSSR count). The summed E-state index contributed by atoms with van der Waals surface area (Å²) in [5.74, 6) is 0.867. The highest BCUT2D eigenvalue weighted by molar-refractivity contribution is 5.50. The first kappa shape index (κ1) is 16.3. The average Bonchev–Trinajstić information content (AvgIpc) is 2.53. The van der Waals surface area contributed by atoms with Crippen molar-refractivity contribution in [1.82, 2.24) is 5.01 Å². The van der Waals surface area contributed by atoms with E-state index in [0.29, 0.717) is 0 Å². The fourth-order valence-electron chi connectivity index (χ4n) is 2.41. The molecule has 0 aromatic heterocycles. The zero-order valence-corrected chi connectivity index (χ0v) is 13.9. The first-order valence-corrected chi connectivity index (χ1v) is 7.77. The van der Waals surface area contributed by atoms with Crippen LogP contribution in [-0.4, -0.2) is 37.8 Å². The van der Waals surface area contributed by atoms with Crippen molar-refractivity contribution in [2.75, 3.05) is 26.0 Å². The summed E-state index contributed by atoms with van der Waals surface area (Å²) in [5.41, 5.74) is 2.42. The van der Waals surface area contributed by atoms with E-state index in [1.54, 1.807) is 7.11 Å². The van der Waals surface area contributed by atoms with Gasteiger partial charge in [-0.15, -0.1) is 0 Å². The number of methoxy groups -OCH3 is 1. The molecule has 0 radical (unpaired) electrons. The lowest BCUT2D eigenvalue weighted by molar-refractivity contribution is 0.309. The molecular formula is C17H26N4O. The summed E-state index contributed by atoms with van der Waals surface area (Å²) in [4.78, 5) is 0. The van der Waals surface area contributed by atoms with Crippen LogP contribution in [0.3, 0.4) is 0 Å². The normalized spacial score (nSPS) is 22.9. The van der Waals surface area contributed by atoms with Crippen molar-refractivity contribution in [3.63, 3.8) is 0 Å². The molecule has 2 unspecified atom stereocenters. The molecule has 0 fully saturated rings. The van der Waals surface area contributed by atoms with Gasteiger partial charge in [0.2, 0.25) is 0 Å². The lowest BCUT2D eigenvalue weighted by Gasteiger charge is -2.24. The van der Waals surface area contributed by atoms with Gasteiger partial charge in [0.25, 0.3) is 0 Å². The van der Waals surface area contributed by atoms with Crippen LogP contribution in [0.2, 0.25) is 0 Å². The van der Waals surface area contributed by atoms with Crippen LogP contribution >= 0.6 is 0 Å². The molecule has 0 bridgehead atoms. The van der Waals surface area contributed by atoms with Crippen LogP contribution in [0.1, 0.15) is 26.7 Å². The molecule has 1 aromatic carbocycles. The summed E-state index contributed by atoms with van der Waals surface area (Å²) in [6.07, 6.45) is 4.16. The fourth-order valence-corrected chi connectivity index (χ4v) is 2.41. The fraction of sp³-hybridized carbons (Fsp3) is 0.529. The number of nitrogens with one attached hydrogen (secondary N) is 1. The van der Waals surface area contributed by atoms with Crippen LogP contribution in [0.15, 0.2) is 46.3 Å². The van der Waals surface area contributed by atoms with E-state index in [1.165, 1.54) is 5.57 Å². The molecule has 2 atom stereocenters. The second-order valence-corrected chi connectivity index (χ2v) is 5.84. The third kappa shape index (κ3) is 4.76. The number of anilines is 1. The maximum Gasteiger partial charge on any atom is 0.120 e. The molecule has 0 amide bonds. The maximum absolute atomic E-state index is 5.29. The Morgan fingerprint density at radius 1 is 1.36 bits per heavy atom. The molecule has 0 saturated carbocycles. The summed E-state index contributed by atoms with van der Waals surface area (Å²) in [5, 5.41) is 14.1. The lowest BCUT2D eigenvalue weighted by Crippen LogP contribution is -2.27. The first-order valence-electron chi connectivity index (χ1n) is 7.77. The molecule has 120 valence electrons. The Hall–Kier alpha value is -2.04. The van der Waals surface area contributed by atoms with Gasteiger partial charge in [-0.1, -0.05) is 22.9 Å². The Morgan fingerprint density at radius 3 is 2.95 bits per heavy atom. The van der Waals surface area contributed by atoms with Crippen LogP contribution in [0.5, 0.6) is 5.75 Å². The van der Waals surface area contributed by atoms with E-state index in [9.17, 15) is 0 Å². The Kier molecular flexibility index (Phi) is 5.81. The van der Waals surface area contributed by atoms with Gasteiger partial charge < -0.3 is 10.1 Å². The lowest BCUT2D eigenvalue weighted by atomic mass is 10.0. The van der Waals surface area contributed by atoms with Crippen LogP contribution < -0.4 is 10.1 Å². The Balaban J connectivity index is 2.13. The van der Waals surface area contributed by atoms with Crippen molar-refractivity contribution in [2.45, 2.75) is 38.8 Å². The Labute approximate surface area is 133 Å². The molecule has 1 aliphatic rings. The summed E-state index contributed by atoms with van der Waals surface area (Å²) < 4.78 is 5.29. The van der Waals surface area contributed by atoms with Crippen molar-refractivity contribution in [2.24, 2.45) is 10.3 Å². The Bertz CT molecular complexity index is 541. The molecular weight excluding hydrogens is 276 g/mol. The number of ether oxygens (including phenoxy) is 1. The number of hydrogen-bond acceptors (Lipinski definition) is 5. The number of nitrogens with zero attached hydrogens (tertiary/aromatic N) is 3. The third-order valence-electron chi connectivity index (χ3n) is 3.88. The van der Waals surface area contributed by atoms with Crippen LogP contribution in [0.4, 0.5) is 5.69 Å². The predicted octanol–water partition coefficient (Wildman–Crippen LogP) is 3.90. The van der Waals surface area contributed by atoms with E-state index in [1.807, 2.05) is 30.3 Å². The quantitative estimate of drug-likeness (QED) is 0.861. The van der Waals surface area contributed by atoms with E-state index < -0.39 is 0 Å². The van der Waals surface area contributed by atoms with Gasteiger partial charge in [-0.25, -0.2) is 0 Å². The number of benzene rings is 1. The second-order valence-electron chi connectivity index (χ2n) is 5.84. The van der Waals surface area contributed by atoms with E-state index in [2.05, 4.69) is 41.6 Å². The van der Waals surface area contributed by atoms with Crippen LogP contribution in [0, 0.1) is 0 Å². The van der Waals surface area contributed by atoms with Crippen molar-refractivity contribution in [1.29, 1.82) is 0 Å². The summed E-state index contributed by atoms with van der Waals surface area (Å²) >= 11 is 0. The van der Waals surface area contributed by atoms with E-state index >= 15 is 0 Å². The van der Waals surface area contributed by atoms with Crippen molar-refractivity contribution in [3.05, 3.63) is 35.9 Å². The maximum atomic E-state index is 5.29. The highest BCUT2D eigenvalue weighted by atomic mass is 16.5. The summed E-state index contributed by atoms with van der Waals surface area (Å²) in [7, 11) is 3.66. The minimum absolute atomic E-state index is 0.216. The molecule has 22 heavy (non-hydrogen) atoms. The highest BCUT2D eigenvalue weighted by Crippen LogP contribution is 2.21. The van der Waals surface area contributed by atoms with E-state index in [-0.39, 0.29) is 12.1 Å². The largest absolute Gasteiger partial charge is 0.497 e. The molecule has 0 spiro atoms. The minimum Gasteiger partial charge on any atom is -0.497 e. The van der Waals surface area contributed by atoms with Crippen molar-refractivity contribution in [3.8, 4) is 5.75 Å². The van der Waals surface area contributed by atoms with Gasteiger partial charge in [-0.3, -0.25) is 5.01 Å². The molecule has 5 nitrogen and oxygen atoms in total.